The van der Waals surface area contributed by atoms with Crippen LogP contribution in [-0.2, 0) is 0 Å². The Kier molecular flexibility index (Phi) is 4.48. The number of carbonyl (C=O) groups excluding carboxylic acids is 1. The van der Waals surface area contributed by atoms with E-state index in [0.717, 1.165) is 37.2 Å². The molecule has 2 amide bonds. The molecule has 2 rings (SSSR count). The van der Waals surface area contributed by atoms with Gasteiger partial charge < -0.3 is 10.2 Å². The summed E-state index contributed by atoms with van der Waals surface area (Å²) in [6.45, 7) is 3.67. The van der Waals surface area contributed by atoms with Gasteiger partial charge in [0.25, 0.3) is 0 Å². The van der Waals surface area contributed by atoms with Crippen LogP contribution < -0.4 is 5.32 Å². The summed E-state index contributed by atoms with van der Waals surface area (Å²) in [7, 11) is 0. The SMILES string of the molecule is Cc1cc(Cl)ccc1NC(=O)N1CCCCCC1. The van der Waals surface area contributed by atoms with Crippen molar-refractivity contribution in [3.05, 3.63) is 28.8 Å². The van der Waals surface area contributed by atoms with Crippen molar-refractivity contribution in [1.82, 2.24) is 4.90 Å². The van der Waals surface area contributed by atoms with E-state index in [1.165, 1.54) is 12.8 Å². The summed E-state index contributed by atoms with van der Waals surface area (Å²) in [6, 6.07) is 5.52. The number of benzene rings is 1. The van der Waals surface area contributed by atoms with Crippen LogP contribution in [0, 0.1) is 6.92 Å². The number of aryl methyl sites for hydroxylation is 1. The van der Waals surface area contributed by atoms with Crippen molar-refractivity contribution in [2.75, 3.05) is 18.4 Å². The van der Waals surface area contributed by atoms with Crippen molar-refractivity contribution < 1.29 is 4.79 Å². The zero-order valence-corrected chi connectivity index (χ0v) is 11.5. The molecule has 0 bridgehead atoms. The second-order valence-electron chi connectivity index (χ2n) is 4.79. The van der Waals surface area contributed by atoms with Crippen molar-refractivity contribution in [1.29, 1.82) is 0 Å². The molecule has 1 aromatic carbocycles. The van der Waals surface area contributed by atoms with Gasteiger partial charge in [0.2, 0.25) is 0 Å². The number of hydrogen-bond donors (Lipinski definition) is 1. The van der Waals surface area contributed by atoms with Crippen molar-refractivity contribution >= 4 is 23.3 Å². The Hall–Kier alpha value is -1.22. The summed E-state index contributed by atoms with van der Waals surface area (Å²) in [4.78, 5) is 14.0. The Morgan fingerprint density at radius 3 is 2.50 bits per heavy atom. The van der Waals surface area contributed by atoms with Crippen LogP contribution in [0.2, 0.25) is 5.02 Å². The maximum atomic E-state index is 12.1. The van der Waals surface area contributed by atoms with Crippen LogP contribution in [0.15, 0.2) is 18.2 Å². The highest BCUT2D eigenvalue weighted by atomic mass is 35.5. The number of rotatable bonds is 1. The number of anilines is 1. The topological polar surface area (TPSA) is 32.3 Å². The molecule has 1 N–H and O–H groups in total. The van der Waals surface area contributed by atoms with Gasteiger partial charge in [-0.05, 0) is 43.5 Å². The van der Waals surface area contributed by atoms with Crippen molar-refractivity contribution in [2.24, 2.45) is 0 Å². The summed E-state index contributed by atoms with van der Waals surface area (Å²) >= 11 is 5.90. The molecule has 0 atom stereocenters. The minimum atomic E-state index is 0.00215. The number of nitrogens with one attached hydrogen (secondary N) is 1. The van der Waals surface area contributed by atoms with Gasteiger partial charge in [0.15, 0.2) is 0 Å². The maximum absolute atomic E-state index is 12.1. The van der Waals surface area contributed by atoms with Gasteiger partial charge in [-0.15, -0.1) is 0 Å². The van der Waals surface area contributed by atoms with Crippen LogP contribution in [0.1, 0.15) is 31.2 Å². The highest BCUT2D eigenvalue weighted by Gasteiger charge is 2.15. The van der Waals surface area contributed by atoms with Crippen LogP contribution in [0.4, 0.5) is 10.5 Å². The lowest BCUT2D eigenvalue weighted by Gasteiger charge is -2.21. The molecular weight excluding hydrogens is 248 g/mol. The van der Waals surface area contributed by atoms with E-state index in [1.807, 2.05) is 24.0 Å². The van der Waals surface area contributed by atoms with E-state index >= 15 is 0 Å². The number of nitrogens with zero attached hydrogens (tertiary/aromatic N) is 1. The summed E-state index contributed by atoms with van der Waals surface area (Å²) in [6.07, 6.45) is 4.66. The molecule has 1 aliphatic rings. The highest BCUT2D eigenvalue weighted by molar-refractivity contribution is 6.30. The molecule has 0 radical (unpaired) electrons. The van der Waals surface area contributed by atoms with Crippen LogP contribution in [0.3, 0.4) is 0 Å². The molecule has 18 heavy (non-hydrogen) atoms. The first-order chi connectivity index (χ1) is 8.66. The van der Waals surface area contributed by atoms with Crippen LogP contribution in [0.5, 0.6) is 0 Å². The lowest BCUT2D eigenvalue weighted by Crippen LogP contribution is -2.35. The molecule has 98 valence electrons. The number of urea groups is 1. The highest BCUT2D eigenvalue weighted by Crippen LogP contribution is 2.20. The summed E-state index contributed by atoms with van der Waals surface area (Å²) in [5, 5.41) is 3.66. The molecule has 1 saturated heterocycles. The molecule has 4 heteroatoms. The van der Waals surface area contributed by atoms with E-state index in [1.54, 1.807) is 6.07 Å². The van der Waals surface area contributed by atoms with E-state index in [4.69, 9.17) is 11.6 Å². The van der Waals surface area contributed by atoms with Gasteiger partial charge in [-0.2, -0.15) is 0 Å². The van der Waals surface area contributed by atoms with Gasteiger partial charge in [0.1, 0.15) is 0 Å². The minimum absolute atomic E-state index is 0.00215. The number of hydrogen-bond acceptors (Lipinski definition) is 1. The van der Waals surface area contributed by atoms with Crippen molar-refractivity contribution in [3.8, 4) is 0 Å². The molecule has 1 fully saturated rings. The standard InChI is InChI=1S/C14H19ClN2O/c1-11-10-12(15)6-7-13(11)16-14(18)17-8-4-2-3-5-9-17/h6-7,10H,2-5,8-9H2,1H3,(H,16,18). The Morgan fingerprint density at radius 2 is 1.89 bits per heavy atom. The van der Waals surface area contributed by atoms with Gasteiger partial charge >= 0.3 is 6.03 Å². The van der Waals surface area contributed by atoms with Gasteiger partial charge in [0.05, 0.1) is 0 Å². The zero-order chi connectivity index (χ0) is 13.0. The molecule has 1 aliphatic heterocycles. The average molecular weight is 267 g/mol. The summed E-state index contributed by atoms with van der Waals surface area (Å²) < 4.78 is 0. The number of likely N-dealkylation sites (tertiary alicyclic amines) is 1. The zero-order valence-electron chi connectivity index (χ0n) is 10.7. The Bertz CT molecular complexity index is 426. The van der Waals surface area contributed by atoms with E-state index in [0.29, 0.717) is 5.02 Å². The Balaban J connectivity index is 2.01. The lowest BCUT2D eigenvalue weighted by molar-refractivity contribution is 0.213. The van der Waals surface area contributed by atoms with Crippen LogP contribution in [0.25, 0.3) is 0 Å². The molecule has 0 saturated carbocycles. The molecule has 1 heterocycles. The number of carbonyl (C=O) groups is 1. The third-order valence-electron chi connectivity index (χ3n) is 3.32. The normalized spacial score (nSPS) is 16.2. The minimum Gasteiger partial charge on any atom is -0.325 e. The van der Waals surface area contributed by atoms with E-state index in [9.17, 15) is 4.79 Å². The first kappa shape index (κ1) is 13.2. The quantitative estimate of drug-likeness (QED) is 0.817. The van der Waals surface area contributed by atoms with Gasteiger partial charge in [-0.3, -0.25) is 0 Å². The van der Waals surface area contributed by atoms with Gasteiger partial charge in [0, 0.05) is 23.8 Å². The smallest absolute Gasteiger partial charge is 0.321 e. The fourth-order valence-electron chi connectivity index (χ4n) is 2.24. The summed E-state index contributed by atoms with van der Waals surface area (Å²) in [5.74, 6) is 0. The molecule has 0 spiro atoms. The molecule has 0 aliphatic carbocycles. The molecule has 0 unspecified atom stereocenters. The molecule has 3 nitrogen and oxygen atoms in total. The monoisotopic (exact) mass is 266 g/mol. The first-order valence-corrected chi connectivity index (χ1v) is 6.87. The summed E-state index contributed by atoms with van der Waals surface area (Å²) in [5.41, 5.74) is 1.83. The van der Waals surface area contributed by atoms with Gasteiger partial charge in [-0.1, -0.05) is 24.4 Å². The fourth-order valence-corrected chi connectivity index (χ4v) is 2.46. The second kappa shape index (κ2) is 6.10. The number of halogens is 1. The number of amides is 2. The van der Waals surface area contributed by atoms with E-state index < -0.39 is 0 Å². The van der Waals surface area contributed by atoms with E-state index in [-0.39, 0.29) is 6.03 Å². The molecule has 0 aromatic heterocycles. The first-order valence-electron chi connectivity index (χ1n) is 6.49. The third kappa shape index (κ3) is 3.39. The van der Waals surface area contributed by atoms with Crippen molar-refractivity contribution in [2.45, 2.75) is 32.6 Å². The van der Waals surface area contributed by atoms with Crippen LogP contribution >= 0.6 is 11.6 Å². The second-order valence-corrected chi connectivity index (χ2v) is 5.23. The molecular formula is C14H19ClN2O. The Labute approximate surface area is 113 Å². The van der Waals surface area contributed by atoms with Gasteiger partial charge in [-0.25, -0.2) is 4.79 Å². The molecule has 1 aromatic rings. The third-order valence-corrected chi connectivity index (χ3v) is 3.56. The van der Waals surface area contributed by atoms with Crippen molar-refractivity contribution in [3.63, 3.8) is 0 Å². The van der Waals surface area contributed by atoms with Crippen LogP contribution in [-0.4, -0.2) is 24.0 Å². The maximum Gasteiger partial charge on any atom is 0.321 e. The Morgan fingerprint density at radius 1 is 1.22 bits per heavy atom. The average Bonchev–Trinajstić information content (AvgIpc) is 2.61. The lowest BCUT2D eigenvalue weighted by atomic mass is 10.2. The predicted molar refractivity (Wildman–Crippen MR) is 75.2 cm³/mol. The predicted octanol–water partition coefficient (Wildman–Crippen LogP) is 4.06. The van der Waals surface area contributed by atoms with E-state index in [2.05, 4.69) is 5.32 Å². The fraction of sp³-hybridized carbons (Fsp3) is 0.500. The largest absolute Gasteiger partial charge is 0.325 e.